The lowest BCUT2D eigenvalue weighted by atomic mass is 9.99. The number of hydrogen-bond acceptors (Lipinski definition) is 4. The molecule has 1 saturated carbocycles. The Morgan fingerprint density at radius 2 is 1.71 bits per heavy atom. The van der Waals surface area contributed by atoms with Crippen LogP contribution in [0.25, 0.3) is 11.1 Å². The second-order valence-electron chi connectivity index (χ2n) is 10.8. The predicted octanol–water partition coefficient (Wildman–Crippen LogP) is 6.97. The molecule has 4 nitrogen and oxygen atoms in total. The maximum absolute atomic E-state index is 13.8. The van der Waals surface area contributed by atoms with Gasteiger partial charge in [-0.1, -0.05) is 42.0 Å². The summed E-state index contributed by atoms with van der Waals surface area (Å²) in [6.07, 6.45) is 5.52. The Bertz CT molecular complexity index is 1150. The molecule has 1 aliphatic carbocycles. The van der Waals surface area contributed by atoms with E-state index in [9.17, 15) is 8.78 Å². The predicted molar refractivity (Wildman–Crippen MR) is 156 cm³/mol. The molecule has 0 amide bonds. The van der Waals surface area contributed by atoms with Crippen LogP contribution >= 0.6 is 11.6 Å². The van der Waals surface area contributed by atoms with Crippen molar-refractivity contribution in [1.82, 2.24) is 10.2 Å². The smallest absolute Gasteiger partial charge is 0.278 e. The van der Waals surface area contributed by atoms with Gasteiger partial charge in [-0.15, -0.1) is 0 Å². The highest BCUT2D eigenvalue weighted by atomic mass is 35.5. The molecule has 2 aliphatic heterocycles. The number of hydrogen-bond donors (Lipinski definition) is 1. The number of rotatable bonds is 8. The number of piperazine rings is 1. The average molecular weight is 541 g/mol. The summed E-state index contributed by atoms with van der Waals surface area (Å²) >= 11 is 6.46. The molecule has 1 N–H and O–H groups in total. The highest BCUT2D eigenvalue weighted by Gasteiger charge is 2.31. The summed E-state index contributed by atoms with van der Waals surface area (Å²) in [7, 11) is 0. The molecule has 1 atom stereocenters. The zero-order valence-electron chi connectivity index (χ0n) is 22.5. The molecule has 2 aromatic carbocycles. The Balaban J connectivity index is 1.32. The lowest BCUT2D eigenvalue weighted by Gasteiger charge is -2.37. The molecule has 38 heavy (non-hydrogen) atoms. The van der Waals surface area contributed by atoms with E-state index in [2.05, 4.69) is 50.3 Å². The van der Waals surface area contributed by atoms with Gasteiger partial charge in [0.2, 0.25) is 0 Å². The SMILES string of the molecule is C/C=C\C(C)=C(/NC1CCCN(c2cc(Cl)ccc2-c2ccc(N3CCN(C4CC4)CC3)cc2)C1)C(F)F. The molecule has 2 aromatic rings. The molecule has 2 heterocycles. The summed E-state index contributed by atoms with van der Waals surface area (Å²) in [5.74, 6) is 0. The number of allylic oxidation sites excluding steroid dienone is 4. The molecule has 0 aromatic heterocycles. The standard InChI is InChI=1S/C31H39ClF2N4/c1-3-5-22(2)30(31(33)34)35-25-6-4-15-38(21-25)29-20-24(32)9-14-28(29)23-7-10-26(11-8-23)36-16-18-37(19-17-36)27-12-13-27/h3,5,7-11,14,20,25,27,31,35H,4,6,12-13,15-19,21H2,1-2H3/b5-3-,30-22-. The monoisotopic (exact) mass is 540 g/mol. The van der Waals surface area contributed by atoms with Crippen LogP contribution in [-0.2, 0) is 0 Å². The third-order valence-corrected chi connectivity index (χ3v) is 8.30. The van der Waals surface area contributed by atoms with Crippen molar-refractivity contribution < 1.29 is 8.78 Å². The van der Waals surface area contributed by atoms with Crippen molar-refractivity contribution in [1.29, 1.82) is 0 Å². The molecule has 3 aliphatic rings. The Morgan fingerprint density at radius 1 is 0.974 bits per heavy atom. The highest BCUT2D eigenvalue weighted by molar-refractivity contribution is 6.31. The molecule has 0 bridgehead atoms. The van der Waals surface area contributed by atoms with Gasteiger partial charge in [-0.3, -0.25) is 4.90 Å². The molecule has 3 fully saturated rings. The normalized spacial score (nSPS) is 21.8. The highest BCUT2D eigenvalue weighted by Crippen LogP contribution is 2.36. The molecule has 1 unspecified atom stereocenters. The molecule has 5 rings (SSSR count). The lowest BCUT2D eigenvalue weighted by molar-refractivity contribution is 0.174. The third kappa shape index (κ3) is 6.35. The Morgan fingerprint density at radius 3 is 2.37 bits per heavy atom. The molecule has 0 spiro atoms. The van der Waals surface area contributed by atoms with Crippen LogP contribution in [0.3, 0.4) is 0 Å². The van der Waals surface area contributed by atoms with Gasteiger partial charge < -0.3 is 15.1 Å². The first-order valence-electron chi connectivity index (χ1n) is 13.9. The van der Waals surface area contributed by atoms with Crippen molar-refractivity contribution in [3.63, 3.8) is 0 Å². The number of nitrogens with one attached hydrogen (secondary N) is 1. The maximum atomic E-state index is 13.8. The van der Waals surface area contributed by atoms with Crippen LogP contribution in [0.2, 0.25) is 5.02 Å². The van der Waals surface area contributed by atoms with Crippen LogP contribution in [-0.4, -0.2) is 62.7 Å². The van der Waals surface area contributed by atoms with E-state index in [1.165, 1.54) is 18.5 Å². The van der Waals surface area contributed by atoms with Crippen LogP contribution in [0, 0.1) is 0 Å². The second-order valence-corrected chi connectivity index (χ2v) is 11.2. The summed E-state index contributed by atoms with van der Waals surface area (Å²) in [4.78, 5) is 7.41. The molecule has 7 heteroatoms. The average Bonchev–Trinajstić information content (AvgIpc) is 3.78. The summed E-state index contributed by atoms with van der Waals surface area (Å²) in [6, 6.07) is 15.7. The van der Waals surface area contributed by atoms with Crippen molar-refractivity contribution in [2.75, 3.05) is 49.1 Å². The van der Waals surface area contributed by atoms with Crippen LogP contribution in [0.4, 0.5) is 20.2 Å². The van der Waals surface area contributed by atoms with E-state index < -0.39 is 6.43 Å². The second kappa shape index (κ2) is 12.1. The molecule has 2 saturated heterocycles. The number of halogens is 3. The number of piperidine rings is 1. The first kappa shape index (κ1) is 27.0. The fourth-order valence-electron chi connectivity index (χ4n) is 5.87. The van der Waals surface area contributed by atoms with E-state index in [-0.39, 0.29) is 11.7 Å². The van der Waals surface area contributed by atoms with Crippen molar-refractivity contribution in [2.24, 2.45) is 0 Å². The minimum absolute atomic E-state index is 0.0230. The third-order valence-electron chi connectivity index (χ3n) is 8.06. The molecular formula is C31H39ClF2N4. The maximum Gasteiger partial charge on any atom is 0.278 e. The molecule has 204 valence electrons. The van der Waals surface area contributed by atoms with Gasteiger partial charge >= 0.3 is 0 Å². The van der Waals surface area contributed by atoms with E-state index in [4.69, 9.17) is 11.6 Å². The summed E-state index contributed by atoms with van der Waals surface area (Å²) in [6.45, 7) is 9.55. The van der Waals surface area contributed by atoms with Crippen LogP contribution in [0.5, 0.6) is 0 Å². The number of nitrogens with zero attached hydrogens (tertiary/aromatic N) is 3. The molecule has 0 radical (unpaired) electrons. The van der Waals surface area contributed by atoms with Crippen molar-refractivity contribution in [3.05, 3.63) is 70.9 Å². The Labute approximate surface area is 230 Å². The topological polar surface area (TPSA) is 21.8 Å². The van der Waals surface area contributed by atoms with Crippen molar-refractivity contribution in [3.8, 4) is 11.1 Å². The fraction of sp³-hybridized carbons (Fsp3) is 0.484. The zero-order valence-corrected chi connectivity index (χ0v) is 23.2. The lowest BCUT2D eigenvalue weighted by Crippen LogP contribution is -2.47. The first-order chi connectivity index (χ1) is 18.4. The van der Waals surface area contributed by atoms with Gasteiger partial charge in [0.25, 0.3) is 6.43 Å². The Kier molecular flexibility index (Phi) is 8.59. The number of benzene rings is 2. The summed E-state index contributed by atoms with van der Waals surface area (Å²) in [5, 5.41) is 3.85. The quantitative estimate of drug-likeness (QED) is 0.365. The van der Waals surface area contributed by atoms with Crippen molar-refractivity contribution in [2.45, 2.75) is 58.0 Å². The van der Waals surface area contributed by atoms with E-state index in [0.29, 0.717) is 17.1 Å². The van der Waals surface area contributed by atoms with Crippen LogP contribution < -0.4 is 15.1 Å². The van der Waals surface area contributed by atoms with Gasteiger partial charge in [0.15, 0.2) is 0 Å². The van der Waals surface area contributed by atoms with Gasteiger partial charge in [0.1, 0.15) is 0 Å². The van der Waals surface area contributed by atoms with E-state index in [1.54, 1.807) is 19.1 Å². The number of alkyl halides is 2. The van der Waals surface area contributed by atoms with E-state index in [1.807, 2.05) is 19.1 Å². The minimum atomic E-state index is -2.53. The first-order valence-corrected chi connectivity index (χ1v) is 14.3. The van der Waals surface area contributed by atoms with E-state index >= 15 is 0 Å². The van der Waals surface area contributed by atoms with Gasteiger partial charge in [-0.05, 0) is 74.9 Å². The van der Waals surface area contributed by atoms with Gasteiger partial charge in [-0.25, -0.2) is 8.78 Å². The zero-order chi connectivity index (χ0) is 26.6. The van der Waals surface area contributed by atoms with Gasteiger partial charge in [0, 0.05) is 73.3 Å². The van der Waals surface area contributed by atoms with Crippen LogP contribution in [0.15, 0.2) is 65.9 Å². The van der Waals surface area contributed by atoms with Crippen molar-refractivity contribution >= 4 is 23.0 Å². The summed E-state index contributed by atoms with van der Waals surface area (Å²) in [5.41, 5.74) is 5.19. The van der Waals surface area contributed by atoms with Gasteiger partial charge in [-0.2, -0.15) is 0 Å². The Hall–Kier alpha value is -2.57. The van der Waals surface area contributed by atoms with E-state index in [0.717, 1.165) is 68.4 Å². The van der Waals surface area contributed by atoms with Gasteiger partial charge in [0.05, 0.1) is 5.70 Å². The molecular weight excluding hydrogens is 502 g/mol. The fourth-order valence-corrected chi connectivity index (χ4v) is 6.04. The van der Waals surface area contributed by atoms with Crippen LogP contribution in [0.1, 0.15) is 39.5 Å². The largest absolute Gasteiger partial charge is 0.379 e. The summed E-state index contributed by atoms with van der Waals surface area (Å²) < 4.78 is 27.6. The number of anilines is 2. The minimum Gasteiger partial charge on any atom is -0.379 e.